The molecule has 0 radical (unpaired) electrons. The van der Waals surface area contributed by atoms with Gasteiger partial charge in [-0.2, -0.15) is 0 Å². The van der Waals surface area contributed by atoms with Gasteiger partial charge >= 0.3 is 0 Å². The summed E-state index contributed by atoms with van der Waals surface area (Å²) in [7, 11) is 0. The van der Waals surface area contributed by atoms with Crippen LogP contribution in [0.2, 0.25) is 0 Å². The molecule has 0 amide bonds. The normalized spacial score (nSPS) is 10.9. The lowest BCUT2D eigenvalue weighted by atomic mass is 9.89. The van der Waals surface area contributed by atoms with Gasteiger partial charge in [-0.25, -0.2) is 0 Å². The third-order valence-electron chi connectivity index (χ3n) is 2.38. The van der Waals surface area contributed by atoms with Crippen LogP contribution in [-0.4, -0.2) is 0 Å². The van der Waals surface area contributed by atoms with Crippen molar-refractivity contribution < 1.29 is 0 Å². The van der Waals surface area contributed by atoms with Crippen molar-refractivity contribution in [3.63, 3.8) is 0 Å². The van der Waals surface area contributed by atoms with Crippen LogP contribution in [0.25, 0.3) is 0 Å². The van der Waals surface area contributed by atoms with E-state index in [-0.39, 0.29) is 44.6 Å². The standard InChI is InChI=1S/C11H24.6CH4/c1-6-10(4)8-11(5)7-9(2)3;;;;;;/h9-11H,6-8H2,1-5H3;6*1H4. The lowest BCUT2D eigenvalue weighted by Gasteiger charge is -2.17. The van der Waals surface area contributed by atoms with E-state index in [9.17, 15) is 0 Å². The molecule has 0 aliphatic carbocycles. The molecule has 0 spiro atoms. The maximum atomic E-state index is 2.38. The van der Waals surface area contributed by atoms with E-state index < -0.39 is 0 Å². The van der Waals surface area contributed by atoms with Crippen LogP contribution in [0.3, 0.4) is 0 Å². The second-order valence-corrected chi connectivity index (χ2v) is 4.48. The van der Waals surface area contributed by atoms with E-state index in [2.05, 4.69) is 34.6 Å². The van der Waals surface area contributed by atoms with Gasteiger partial charge in [-0.3, -0.25) is 0 Å². The zero-order valence-corrected chi connectivity index (χ0v) is 8.85. The minimum Gasteiger partial charge on any atom is -0.0776 e. The molecule has 0 heteroatoms. The van der Waals surface area contributed by atoms with Gasteiger partial charge in [-0.15, -0.1) is 0 Å². The summed E-state index contributed by atoms with van der Waals surface area (Å²) >= 11 is 0. The molecule has 2 atom stereocenters. The molecule has 17 heavy (non-hydrogen) atoms. The quantitative estimate of drug-likeness (QED) is 0.466. The Hall–Kier alpha value is 0. The SMILES string of the molecule is C.C.C.C.C.C.CCC(C)CC(C)CC(C)C. The summed E-state index contributed by atoms with van der Waals surface area (Å²) < 4.78 is 0. The lowest BCUT2D eigenvalue weighted by molar-refractivity contribution is 0.350. The van der Waals surface area contributed by atoms with E-state index in [4.69, 9.17) is 0 Å². The summed E-state index contributed by atoms with van der Waals surface area (Å²) in [4.78, 5) is 0. The molecule has 0 bridgehead atoms. The first-order chi connectivity index (χ1) is 5.06. The van der Waals surface area contributed by atoms with Gasteiger partial charge < -0.3 is 0 Å². The van der Waals surface area contributed by atoms with Crippen LogP contribution < -0.4 is 0 Å². The molecule has 116 valence electrons. The van der Waals surface area contributed by atoms with Crippen molar-refractivity contribution in [1.29, 1.82) is 0 Å². The summed E-state index contributed by atoms with van der Waals surface area (Å²) in [5.41, 5.74) is 0. The molecule has 0 aliphatic heterocycles. The minimum absolute atomic E-state index is 0. The first kappa shape index (κ1) is 43.5. The predicted octanol–water partition coefficient (Wildman–Crippen LogP) is 7.92. The average molecular weight is 253 g/mol. The highest BCUT2D eigenvalue weighted by Crippen LogP contribution is 2.20. The van der Waals surface area contributed by atoms with Crippen LogP contribution in [0.5, 0.6) is 0 Å². The molecule has 2 unspecified atom stereocenters. The Morgan fingerprint density at radius 2 is 0.941 bits per heavy atom. The van der Waals surface area contributed by atoms with Gasteiger partial charge in [0.1, 0.15) is 0 Å². The van der Waals surface area contributed by atoms with Crippen molar-refractivity contribution in [1.82, 2.24) is 0 Å². The van der Waals surface area contributed by atoms with Crippen LogP contribution in [0.15, 0.2) is 0 Å². The maximum absolute atomic E-state index is 2.38. The van der Waals surface area contributed by atoms with Crippen LogP contribution in [-0.2, 0) is 0 Å². The fraction of sp³-hybridized carbons (Fsp3) is 1.00. The van der Waals surface area contributed by atoms with Crippen molar-refractivity contribution in [2.45, 2.75) is 98.4 Å². The second-order valence-electron chi connectivity index (χ2n) is 4.48. The Balaban J connectivity index is -0.0000000333. The van der Waals surface area contributed by atoms with Crippen molar-refractivity contribution in [3.8, 4) is 0 Å². The van der Waals surface area contributed by atoms with Crippen molar-refractivity contribution in [2.75, 3.05) is 0 Å². The van der Waals surface area contributed by atoms with Gasteiger partial charge in [-0.05, 0) is 30.6 Å². The highest BCUT2D eigenvalue weighted by molar-refractivity contribution is 4.60. The number of hydrogen-bond acceptors (Lipinski definition) is 0. The monoisotopic (exact) mass is 252 g/mol. The van der Waals surface area contributed by atoms with Crippen molar-refractivity contribution >= 4 is 0 Å². The van der Waals surface area contributed by atoms with E-state index in [0.717, 1.165) is 17.8 Å². The molecular weight excluding hydrogens is 204 g/mol. The highest BCUT2D eigenvalue weighted by atomic mass is 14.1. The molecule has 0 saturated heterocycles. The molecule has 0 aromatic heterocycles. The topological polar surface area (TPSA) is 0 Å². The fourth-order valence-electron chi connectivity index (χ4n) is 1.75. The zero-order chi connectivity index (χ0) is 8.85. The number of hydrogen-bond donors (Lipinski definition) is 0. The molecule has 0 aromatic carbocycles. The van der Waals surface area contributed by atoms with Gasteiger partial charge in [0.25, 0.3) is 0 Å². The largest absolute Gasteiger partial charge is 0.0776 e. The third kappa shape index (κ3) is 31.4. The van der Waals surface area contributed by atoms with Crippen molar-refractivity contribution in [3.05, 3.63) is 0 Å². The van der Waals surface area contributed by atoms with Crippen LogP contribution in [0, 0.1) is 17.8 Å². The molecule has 0 saturated carbocycles. The molecule has 0 N–H and O–H groups in total. The Morgan fingerprint density at radius 3 is 1.18 bits per heavy atom. The summed E-state index contributed by atoms with van der Waals surface area (Å²) in [6.45, 7) is 11.6. The average Bonchev–Trinajstić information content (AvgIpc) is 1.85. The Kier molecular flexibility index (Phi) is 64.0. The van der Waals surface area contributed by atoms with E-state index in [1.54, 1.807) is 0 Å². The molecular formula is C17H48. The molecule has 0 rings (SSSR count). The number of rotatable bonds is 5. The predicted molar refractivity (Wildman–Crippen MR) is 93.1 cm³/mol. The van der Waals surface area contributed by atoms with E-state index in [1.807, 2.05) is 0 Å². The van der Waals surface area contributed by atoms with E-state index in [1.165, 1.54) is 19.3 Å². The van der Waals surface area contributed by atoms with Gasteiger partial charge in [0.05, 0.1) is 0 Å². The van der Waals surface area contributed by atoms with Gasteiger partial charge in [0.15, 0.2) is 0 Å². The Morgan fingerprint density at radius 1 is 0.588 bits per heavy atom. The van der Waals surface area contributed by atoms with Gasteiger partial charge in [0.2, 0.25) is 0 Å². The van der Waals surface area contributed by atoms with Crippen molar-refractivity contribution in [2.24, 2.45) is 17.8 Å². The molecule has 0 aromatic rings. The van der Waals surface area contributed by atoms with Gasteiger partial charge in [-0.1, -0.05) is 85.6 Å². The van der Waals surface area contributed by atoms with Crippen LogP contribution in [0.4, 0.5) is 0 Å². The summed E-state index contributed by atoms with van der Waals surface area (Å²) in [5, 5.41) is 0. The lowest BCUT2D eigenvalue weighted by Crippen LogP contribution is -2.05. The third-order valence-corrected chi connectivity index (χ3v) is 2.38. The van der Waals surface area contributed by atoms with Gasteiger partial charge in [0, 0.05) is 0 Å². The molecule has 0 aliphatic rings. The van der Waals surface area contributed by atoms with Crippen LogP contribution >= 0.6 is 0 Å². The Labute approximate surface area is 117 Å². The van der Waals surface area contributed by atoms with Crippen LogP contribution in [0.1, 0.15) is 98.4 Å². The molecule has 0 heterocycles. The first-order valence-electron chi connectivity index (χ1n) is 5.06. The summed E-state index contributed by atoms with van der Waals surface area (Å²) in [5.74, 6) is 2.71. The molecule has 0 fully saturated rings. The van der Waals surface area contributed by atoms with E-state index >= 15 is 0 Å². The first-order valence-corrected chi connectivity index (χ1v) is 5.06. The smallest absolute Gasteiger partial charge is 0.0438 e. The fourth-order valence-corrected chi connectivity index (χ4v) is 1.75. The summed E-state index contributed by atoms with van der Waals surface area (Å²) in [6.07, 6.45) is 4.14. The minimum atomic E-state index is 0. The summed E-state index contributed by atoms with van der Waals surface area (Å²) in [6, 6.07) is 0. The maximum Gasteiger partial charge on any atom is -0.0438 e. The van der Waals surface area contributed by atoms with E-state index in [0.29, 0.717) is 0 Å². The molecule has 0 nitrogen and oxygen atoms in total. The second kappa shape index (κ2) is 25.0. The highest BCUT2D eigenvalue weighted by Gasteiger charge is 2.08. The zero-order valence-electron chi connectivity index (χ0n) is 8.85. The Bertz CT molecular complexity index is 84.0.